The van der Waals surface area contributed by atoms with Crippen LogP contribution in [-0.4, -0.2) is 9.91 Å². The van der Waals surface area contributed by atoms with E-state index in [1.807, 2.05) is 30.3 Å². The molecular weight excluding hydrogens is 268 g/mol. The fraction of sp³-hybridized carbons (Fsp3) is 0. The fourth-order valence-electron chi connectivity index (χ4n) is 2.26. The van der Waals surface area contributed by atoms with E-state index in [9.17, 15) is 10.1 Å². The van der Waals surface area contributed by atoms with Gasteiger partial charge in [0.05, 0.1) is 10.4 Å². The highest BCUT2D eigenvalue weighted by molar-refractivity contribution is 5.97. The Labute approximate surface area is 120 Å². The van der Waals surface area contributed by atoms with Crippen molar-refractivity contribution in [1.82, 2.24) is 4.98 Å². The van der Waals surface area contributed by atoms with E-state index in [2.05, 4.69) is 10.4 Å². The van der Waals surface area contributed by atoms with E-state index >= 15 is 0 Å². The number of hydrogen-bond acceptors (Lipinski definition) is 5. The number of aromatic nitrogens is 1. The lowest BCUT2D eigenvalue weighted by Gasteiger charge is -2.09. The number of rotatable bonds is 3. The molecule has 0 bridgehead atoms. The number of pyridine rings is 1. The van der Waals surface area contributed by atoms with Gasteiger partial charge in [-0.1, -0.05) is 30.3 Å². The maximum absolute atomic E-state index is 11.0. The molecule has 3 aromatic rings. The molecule has 0 radical (unpaired) electrons. The molecule has 1 heterocycles. The minimum absolute atomic E-state index is 0.0370. The zero-order valence-corrected chi connectivity index (χ0v) is 11.0. The summed E-state index contributed by atoms with van der Waals surface area (Å²) in [5, 5.41) is 11.7. The molecule has 0 aliphatic rings. The summed E-state index contributed by atoms with van der Waals surface area (Å²) >= 11 is 0. The summed E-state index contributed by atoms with van der Waals surface area (Å²) in [7, 11) is 0. The van der Waals surface area contributed by atoms with Gasteiger partial charge in [-0.3, -0.25) is 10.1 Å². The standard InChI is InChI=1S/C15H12N4O2/c16-18-15-9-12(10-4-2-1-3-5-10)13-8-11(19(20)21)6-7-14(13)17-15/h1-9H,16H2,(H,17,18). The van der Waals surface area contributed by atoms with Gasteiger partial charge in [0.25, 0.3) is 5.69 Å². The van der Waals surface area contributed by atoms with Crippen LogP contribution in [0.25, 0.3) is 22.0 Å². The van der Waals surface area contributed by atoms with Gasteiger partial charge in [0.15, 0.2) is 0 Å². The van der Waals surface area contributed by atoms with Crippen molar-refractivity contribution in [2.45, 2.75) is 0 Å². The van der Waals surface area contributed by atoms with Crippen LogP contribution in [0.1, 0.15) is 0 Å². The molecule has 0 unspecified atom stereocenters. The first-order chi connectivity index (χ1) is 10.2. The number of anilines is 1. The molecule has 104 valence electrons. The van der Waals surface area contributed by atoms with Gasteiger partial charge in [-0.05, 0) is 23.3 Å². The Kier molecular flexibility index (Phi) is 3.21. The Morgan fingerprint density at radius 2 is 1.86 bits per heavy atom. The lowest BCUT2D eigenvalue weighted by atomic mass is 10.0. The third-order valence-corrected chi connectivity index (χ3v) is 3.24. The molecule has 1 aromatic heterocycles. The fourth-order valence-corrected chi connectivity index (χ4v) is 2.26. The third kappa shape index (κ3) is 2.39. The number of hydrogen-bond donors (Lipinski definition) is 2. The molecule has 0 atom stereocenters. The number of fused-ring (bicyclic) bond motifs is 1. The van der Waals surface area contributed by atoms with Crippen molar-refractivity contribution in [1.29, 1.82) is 0 Å². The van der Waals surface area contributed by atoms with Crippen molar-refractivity contribution < 1.29 is 4.92 Å². The van der Waals surface area contributed by atoms with Gasteiger partial charge >= 0.3 is 0 Å². The Morgan fingerprint density at radius 3 is 2.52 bits per heavy atom. The van der Waals surface area contributed by atoms with Crippen molar-refractivity contribution in [2.75, 3.05) is 5.43 Å². The highest BCUT2D eigenvalue weighted by Gasteiger charge is 2.12. The first-order valence-electron chi connectivity index (χ1n) is 6.30. The van der Waals surface area contributed by atoms with Crippen LogP contribution >= 0.6 is 0 Å². The van der Waals surface area contributed by atoms with E-state index in [4.69, 9.17) is 5.84 Å². The molecule has 0 fully saturated rings. The van der Waals surface area contributed by atoms with Crippen LogP contribution in [-0.2, 0) is 0 Å². The minimum Gasteiger partial charge on any atom is -0.308 e. The van der Waals surface area contributed by atoms with E-state index in [1.54, 1.807) is 12.1 Å². The smallest absolute Gasteiger partial charge is 0.270 e. The average molecular weight is 280 g/mol. The second-order valence-corrected chi connectivity index (χ2v) is 4.52. The lowest BCUT2D eigenvalue weighted by Crippen LogP contribution is -2.08. The van der Waals surface area contributed by atoms with Crippen molar-refractivity contribution in [2.24, 2.45) is 5.84 Å². The maximum Gasteiger partial charge on any atom is 0.270 e. The van der Waals surface area contributed by atoms with Crippen LogP contribution in [0.2, 0.25) is 0 Å². The minimum atomic E-state index is -0.413. The van der Waals surface area contributed by atoms with Gasteiger partial charge in [-0.15, -0.1) is 0 Å². The summed E-state index contributed by atoms with van der Waals surface area (Å²) in [6.07, 6.45) is 0. The van der Waals surface area contributed by atoms with E-state index in [-0.39, 0.29) is 5.69 Å². The number of nitrogen functional groups attached to an aromatic ring is 1. The molecule has 0 saturated heterocycles. The second kappa shape index (κ2) is 5.18. The van der Waals surface area contributed by atoms with Crippen LogP contribution in [0, 0.1) is 10.1 Å². The molecule has 0 saturated carbocycles. The van der Waals surface area contributed by atoms with Crippen LogP contribution in [0.3, 0.4) is 0 Å². The van der Waals surface area contributed by atoms with E-state index in [0.717, 1.165) is 16.5 Å². The van der Waals surface area contributed by atoms with Crippen LogP contribution in [0.4, 0.5) is 11.5 Å². The molecule has 3 N–H and O–H groups in total. The SMILES string of the molecule is NNc1cc(-c2ccccc2)c2cc([N+](=O)[O-])ccc2n1. The van der Waals surface area contributed by atoms with Crippen LogP contribution in [0.5, 0.6) is 0 Å². The molecular formula is C15H12N4O2. The van der Waals surface area contributed by atoms with Crippen molar-refractivity contribution in [3.05, 3.63) is 64.7 Å². The monoisotopic (exact) mass is 280 g/mol. The quantitative estimate of drug-likeness (QED) is 0.437. The summed E-state index contributed by atoms with van der Waals surface area (Å²) in [6, 6.07) is 16.0. The predicted octanol–water partition coefficient (Wildman–Crippen LogP) is 3.10. The number of non-ortho nitro benzene ring substituents is 1. The highest BCUT2D eigenvalue weighted by atomic mass is 16.6. The normalized spacial score (nSPS) is 10.5. The van der Waals surface area contributed by atoms with Gasteiger partial charge in [-0.25, -0.2) is 10.8 Å². The van der Waals surface area contributed by atoms with E-state index in [1.165, 1.54) is 12.1 Å². The molecule has 0 aliphatic heterocycles. The lowest BCUT2D eigenvalue weighted by molar-refractivity contribution is -0.384. The number of nitrogens with zero attached hydrogens (tertiary/aromatic N) is 2. The number of nitrogens with two attached hydrogens (primary N) is 1. The Hall–Kier alpha value is -2.99. The first-order valence-corrected chi connectivity index (χ1v) is 6.30. The second-order valence-electron chi connectivity index (χ2n) is 4.52. The topological polar surface area (TPSA) is 94.1 Å². The van der Waals surface area contributed by atoms with Gasteiger partial charge < -0.3 is 5.43 Å². The zero-order valence-electron chi connectivity index (χ0n) is 11.0. The largest absolute Gasteiger partial charge is 0.308 e. The molecule has 6 heteroatoms. The Bertz CT molecular complexity index is 819. The summed E-state index contributed by atoms with van der Waals surface area (Å²) in [5.41, 5.74) is 5.00. The molecule has 0 amide bonds. The average Bonchev–Trinajstić information content (AvgIpc) is 2.54. The van der Waals surface area contributed by atoms with Gasteiger partial charge in [0, 0.05) is 17.5 Å². The van der Waals surface area contributed by atoms with Crippen LogP contribution in [0.15, 0.2) is 54.6 Å². The Balaban J connectivity index is 2.33. The third-order valence-electron chi connectivity index (χ3n) is 3.24. The number of benzene rings is 2. The molecule has 0 spiro atoms. The highest BCUT2D eigenvalue weighted by Crippen LogP contribution is 2.32. The summed E-state index contributed by atoms with van der Waals surface area (Å²) in [5.74, 6) is 5.95. The van der Waals surface area contributed by atoms with Crippen molar-refractivity contribution in [3.8, 4) is 11.1 Å². The van der Waals surface area contributed by atoms with Crippen LogP contribution < -0.4 is 11.3 Å². The summed E-state index contributed by atoms with van der Waals surface area (Å²) in [6.45, 7) is 0. The van der Waals surface area contributed by atoms with E-state index < -0.39 is 4.92 Å². The van der Waals surface area contributed by atoms with Crippen molar-refractivity contribution in [3.63, 3.8) is 0 Å². The van der Waals surface area contributed by atoms with Crippen molar-refractivity contribution >= 4 is 22.4 Å². The Morgan fingerprint density at radius 1 is 1.10 bits per heavy atom. The zero-order chi connectivity index (χ0) is 14.8. The summed E-state index contributed by atoms with van der Waals surface area (Å²) in [4.78, 5) is 14.9. The molecule has 21 heavy (non-hydrogen) atoms. The number of nitrogens with one attached hydrogen (secondary N) is 1. The molecule has 0 aliphatic carbocycles. The van der Waals surface area contributed by atoms with Gasteiger partial charge in [0.2, 0.25) is 0 Å². The molecule has 2 aromatic carbocycles. The summed E-state index contributed by atoms with van der Waals surface area (Å²) < 4.78 is 0. The predicted molar refractivity (Wildman–Crippen MR) is 81.6 cm³/mol. The maximum atomic E-state index is 11.0. The number of nitro groups is 1. The molecule has 6 nitrogen and oxygen atoms in total. The molecule has 3 rings (SSSR count). The number of nitro benzene ring substituents is 1. The van der Waals surface area contributed by atoms with E-state index in [0.29, 0.717) is 11.3 Å². The van der Waals surface area contributed by atoms with Gasteiger partial charge in [0.1, 0.15) is 5.82 Å². The number of hydrazine groups is 1. The first kappa shape index (κ1) is 13.0. The van der Waals surface area contributed by atoms with Gasteiger partial charge in [-0.2, -0.15) is 0 Å².